The molecule has 0 aliphatic carbocycles. The van der Waals surface area contributed by atoms with Gasteiger partial charge < -0.3 is 14.6 Å². The number of nitrogens with zero attached hydrogens (tertiary/aromatic N) is 3. The third-order valence-corrected chi connectivity index (χ3v) is 2.42. The first-order valence-corrected chi connectivity index (χ1v) is 5.65. The quantitative estimate of drug-likeness (QED) is 0.848. The van der Waals surface area contributed by atoms with E-state index < -0.39 is 0 Å². The van der Waals surface area contributed by atoms with Gasteiger partial charge in [-0.3, -0.25) is 0 Å². The minimum absolute atomic E-state index is 0.215. The molecule has 5 nitrogen and oxygen atoms in total. The van der Waals surface area contributed by atoms with E-state index in [2.05, 4.69) is 15.5 Å². The monoisotopic (exact) mass is 252 g/mol. The van der Waals surface area contributed by atoms with Crippen LogP contribution < -0.4 is 10.2 Å². The van der Waals surface area contributed by atoms with Gasteiger partial charge in [-0.15, -0.1) is 16.7 Å². The van der Waals surface area contributed by atoms with Gasteiger partial charge in [-0.2, -0.15) is 0 Å². The van der Waals surface area contributed by atoms with Crippen molar-refractivity contribution in [3.05, 3.63) is 30.2 Å². The number of rotatable bonds is 4. The molecule has 0 spiro atoms. The third-order valence-electron chi connectivity index (χ3n) is 2.19. The van der Waals surface area contributed by atoms with Gasteiger partial charge in [0.15, 0.2) is 0 Å². The fourth-order valence-electron chi connectivity index (χ4n) is 1.34. The zero-order valence-corrected chi connectivity index (χ0v) is 10.4. The molecule has 0 saturated heterocycles. The summed E-state index contributed by atoms with van der Waals surface area (Å²) in [7, 11) is 3.97. The third kappa shape index (κ3) is 2.88. The molecular formula is C11H13ClN4O. The predicted molar refractivity (Wildman–Crippen MR) is 67.9 cm³/mol. The summed E-state index contributed by atoms with van der Waals surface area (Å²) >= 11 is 5.58. The van der Waals surface area contributed by atoms with E-state index in [9.17, 15) is 0 Å². The minimum Gasteiger partial charge on any atom is -0.407 e. The maximum atomic E-state index is 5.58. The second-order valence-electron chi connectivity index (χ2n) is 3.70. The summed E-state index contributed by atoms with van der Waals surface area (Å²) in [4.78, 5) is 2.02. The molecule has 0 radical (unpaired) electrons. The average molecular weight is 253 g/mol. The van der Waals surface area contributed by atoms with Crippen molar-refractivity contribution in [2.24, 2.45) is 0 Å². The number of halogens is 1. The smallest absolute Gasteiger partial charge is 0.320 e. The summed E-state index contributed by atoms with van der Waals surface area (Å²) < 4.78 is 5.26. The standard InChI is InChI=1S/C11H13ClN4O/c1-16(2)9-5-3-4-8(6-9)13-11-15-14-10(7-12)17-11/h3-6H,7H2,1-2H3,(H,13,15). The van der Waals surface area contributed by atoms with Crippen LogP contribution in [0.3, 0.4) is 0 Å². The molecule has 0 aliphatic rings. The number of hydrogen-bond donors (Lipinski definition) is 1. The van der Waals surface area contributed by atoms with E-state index in [0.29, 0.717) is 11.9 Å². The lowest BCUT2D eigenvalue weighted by molar-refractivity contribution is 0.530. The van der Waals surface area contributed by atoms with E-state index in [1.165, 1.54) is 0 Å². The second-order valence-corrected chi connectivity index (χ2v) is 3.97. The van der Waals surface area contributed by atoms with Crippen LogP contribution in [0.1, 0.15) is 5.89 Å². The molecule has 0 aliphatic heterocycles. The fourth-order valence-corrected chi connectivity index (χ4v) is 1.45. The van der Waals surface area contributed by atoms with Crippen molar-refractivity contribution >= 4 is 29.0 Å². The number of alkyl halides is 1. The molecule has 0 atom stereocenters. The van der Waals surface area contributed by atoms with E-state index in [1.807, 2.05) is 43.3 Å². The Morgan fingerprint density at radius 1 is 1.35 bits per heavy atom. The van der Waals surface area contributed by atoms with Gasteiger partial charge in [-0.1, -0.05) is 11.2 Å². The number of nitrogens with one attached hydrogen (secondary N) is 1. The lowest BCUT2D eigenvalue weighted by atomic mass is 10.2. The summed E-state index contributed by atoms with van der Waals surface area (Å²) in [5.74, 6) is 0.616. The highest BCUT2D eigenvalue weighted by molar-refractivity contribution is 6.16. The lowest BCUT2D eigenvalue weighted by Crippen LogP contribution is -2.08. The lowest BCUT2D eigenvalue weighted by Gasteiger charge is -2.13. The van der Waals surface area contributed by atoms with Gasteiger partial charge in [-0.05, 0) is 18.2 Å². The first-order chi connectivity index (χ1) is 8.19. The highest BCUT2D eigenvalue weighted by atomic mass is 35.5. The van der Waals surface area contributed by atoms with Crippen LogP contribution in [-0.2, 0) is 5.88 Å². The van der Waals surface area contributed by atoms with Crippen LogP contribution >= 0.6 is 11.6 Å². The summed E-state index contributed by atoms with van der Waals surface area (Å²) in [6.45, 7) is 0. The Labute approximate surface area is 104 Å². The molecule has 90 valence electrons. The van der Waals surface area contributed by atoms with Crippen molar-refractivity contribution < 1.29 is 4.42 Å². The Bertz CT molecular complexity index is 498. The number of anilines is 3. The van der Waals surface area contributed by atoms with Gasteiger partial charge in [-0.25, -0.2) is 0 Å². The molecule has 0 fully saturated rings. The van der Waals surface area contributed by atoms with Crippen LogP contribution in [0.25, 0.3) is 0 Å². The van der Waals surface area contributed by atoms with Crippen LogP contribution in [0.15, 0.2) is 28.7 Å². The summed E-state index contributed by atoms with van der Waals surface area (Å²) in [5, 5.41) is 10.6. The molecule has 0 amide bonds. The first kappa shape index (κ1) is 11.7. The Morgan fingerprint density at radius 3 is 2.82 bits per heavy atom. The first-order valence-electron chi connectivity index (χ1n) is 5.12. The van der Waals surface area contributed by atoms with Gasteiger partial charge in [0.2, 0.25) is 5.89 Å². The highest BCUT2D eigenvalue weighted by Crippen LogP contribution is 2.20. The highest BCUT2D eigenvalue weighted by Gasteiger charge is 2.05. The van der Waals surface area contributed by atoms with Crippen molar-refractivity contribution in [2.45, 2.75) is 5.88 Å². The van der Waals surface area contributed by atoms with E-state index in [1.54, 1.807) is 0 Å². The van der Waals surface area contributed by atoms with Gasteiger partial charge >= 0.3 is 6.01 Å². The van der Waals surface area contributed by atoms with Gasteiger partial charge in [0.25, 0.3) is 0 Å². The molecule has 0 bridgehead atoms. The second kappa shape index (κ2) is 5.05. The molecule has 0 unspecified atom stereocenters. The topological polar surface area (TPSA) is 54.2 Å². The van der Waals surface area contributed by atoms with E-state index in [0.717, 1.165) is 11.4 Å². The molecule has 17 heavy (non-hydrogen) atoms. The van der Waals surface area contributed by atoms with E-state index in [4.69, 9.17) is 16.0 Å². The summed E-state index contributed by atoms with van der Waals surface area (Å²) in [6.07, 6.45) is 0. The summed E-state index contributed by atoms with van der Waals surface area (Å²) in [5.41, 5.74) is 1.98. The van der Waals surface area contributed by atoms with Crippen LogP contribution in [0.5, 0.6) is 0 Å². The van der Waals surface area contributed by atoms with Crippen LogP contribution in [0.4, 0.5) is 17.4 Å². The molecule has 2 rings (SSSR count). The van der Waals surface area contributed by atoms with Gasteiger partial charge in [0, 0.05) is 25.5 Å². The Balaban J connectivity index is 2.15. The van der Waals surface area contributed by atoms with Crippen LogP contribution in [-0.4, -0.2) is 24.3 Å². The van der Waals surface area contributed by atoms with Crippen molar-refractivity contribution in [3.8, 4) is 0 Å². The molecule has 1 aromatic carbocycles. The molecule has 1 heterocycles. The molecule has 2 aromatic rings. The SMILES string of the molecule is CN(C)c1cccc(Nc2nnc(CCl)o2)c1. The van der Waals surface area contributed by atoms with E-state index in [-0.39, 0.29) is 5.88 Å². The van der Waals surface area contributed by atoms with Crippen LogP contribution in [0.2, 0.25) is 0 Å². The Morgan fingerprint density at radius 2 is 2.18 bits per heavy atom. The van der Waals surface area contributed by atoms with Crippen molar-refractivity contribution in [2.75, 3.05) is 24.3 Å². The maximum Gasteiger partial charge on any atom is 0.320 e. The Hall–Kier alpha value is -1.75. The molecule has 6 heteroatoms. The largest absolute Gasteiger partial charge is 0.407 e. The maximum absolute atomic E-state index is 5.58. The minimum atomic E-state index is 0.215. The van der Waals surface area contributed by atoms with Gasteiger partial charge in [0.1, 0.15) is 5.88 Å². The number of aromatic nitrogens is 2. The van der Waals surface area contributed by atoms with Gasteiger partial charge in [0.05, 0.1) is 0 Å². The molecule has 1 aromatic heterocycles. The zero-order chi connectivity index (χ0) is 12.3. The number of hydrogen-bond acceptors (Lipinski definition) is 5. The normalized spacial score (nSPS) is 10.3. The zero-order valence-electron chi connectivity index (χ0n) is 9.64. The Kier molecular flexibility index (Phi) is 3.49. The molecular weight excluding hydrogens is 240 g/mol. The number of benzene rings is 1. The van der Waals surface area contributed by atoms with E-state index >= 15 is 0 Å². The van der Waals surface area contributed by atoms with Crippen molar-refractivity contribution in [3.63, 3.8) is 0 Å². The van der Waals surface area contributed by atoms with Crippen LogP contribution in [0, 0.1) is 0 Å². The van der Waals surface area contributed by atoms with Crippen molar-refractivity contribution in [1.82, 2.24) is 10.2 Å². The fraction of sp³-hybridized carbons (Fsp3) is 0.273. The predicted octanol–water partition coefficient (Wildman–Crippen LogP) is 2.62. The average Bonchev–Trinajstić information content (AvgIpc) is 2.77. The molecule has 0 saturated carbocycles. The molecule has 1 N–H and O–H groups in total. The van der Waals surface area contributed by atoms with Crippen molar-refractivity contribution in [1.29, 1.82) is 0 Å². The summed E-state index contributed by atoms with van der Waals surface area (Å²) in [6, 6.07) is 8.23.